The maximum atomic E-state index is 12.3. The van der Waals surface area contributed by atoms with E-state index in [1.54, 1.807) is 12.4 Å². The van der Waals surface area contributed by atoms with Crippen LogP contribution in [-0.2, 0) is 6.42 Å². The summed E-state index contributed by atoms with van der Waals surface area (Å²) in [5, 5.41) is 3.72. The number of urea groups is 1. The van der Waals surface area contributed by atoms with Crippen LogP contribution < -0.4 is 10.2 Å². The van der Waals surface area contributed by atoms with Crippen LogP contribution in [0.4, 0.5) is 10.5 Å². The Labute approximate surface area is 147 Å². The minimum absolute atomic E-state index is 0.00593. The van der Waals surface area contributed by atoms with Gasteiger partial charge in [-0.3, -0.25) is 4.98 Å². The molecule has 0 aliphatic carbocycles. The lowest BCUT2D eigenvalue weighted by molar-refractivity contribution is 0.194. The van der Waals surface area contributed by atoms with Gasteiger partial charge >= 0.3 is 6.03 Å². The summed E-state index contributed by atoms with van der Waals surface area (Å²) in [5.41, 5.74) is 2.29. The summed E-state index contributed by atoms with van der Waals surface area (Å²) < 4.78 is 0. The molecule has 1 saturated heterocycles. The van der Waals surface area contributed by atoms with Crippen molar-refractivity contribution in [1.29, 1.82) is 0 Å². The number of rotatable bonds is 4. The highest BCUT2D eigenvalue weighted by atomic mass is 35.5. The lowest BCUT2D eigenvalue weighted by Crippen LogP contribution is -2.52. The monoisotopic (exact) mass is 344 g/mol. The Bertz CT molecular complexity index is 672. The molecule has 0 radical (unpaired) electrons. The maximum absolute atomic E-state index is 12.3. The summed E-state index contributed by atoms with van der Waals surface area (Å²) in [7, 11) is 0. The van der Waals surface area contributed by atoms with E-state index in [1.165, 1.54) is 0 Å². The van der Waals surface area contributed by atoms with E-state index in [0.717, 1.165) is 48.9 Å². The van der Waals surface area contributed by atoms with Gasteiger partial charge in [-0.05, 0) is 36.2 Å². The number of nitrogens with one attached hydrogen (secondary N) is 1. The molecule has 2 amide bonds. The van der Waals surface area contributed by atoms with Gasteiger partial charge in [0.2, 0.25) is 0 Å². The number of pyridine rings is 1. The SMILES string of the molecule is O=C(NCCc1cccc(Cl)c1)N1CCN(c2ccncc2)CC1. The number of benzene rings is 1. The Kier molecular flexibility index (Phi) is 5.54. The van der Waals surface area contributed by atoms with Crippen molar-refractivity contribution >= 4 is 23.3 Å². The van der Waals surface area contributed by atoms with E-state index in [0.29, 0.717) is 6.54 Å². The third kappa shape index (κ3) is 4.38. The van der Waals surface area contributed by atoms with Crippen LogP contribution in [0, 0.1) is 0 Å². The zero-order valence-corrected chi connectivity index (χ0v) is 14.2. The first-order valence-corrected chi connectivity index (χ1v) is 8.52. The fourth-order valence-corrected chi connectivity index (χ4v) is 3.05. The van der Waals surface area contributed by atoms with Gasteiger partial charge in [0.1, 0.15) is 0 Å². The molecule has 126 valence electrons. The first-order valence-electron chi connectivity index (χ1n) is 8.14. The van der Waals surface area contributed by atoms with Gasteiger partial charge in [-0.25, -0.2) is 4.79 Å². The molecule has 1 aliphatic heterocycles. The smallest absolute Gasteiger partial charge is 0.317 e. The summed E-state index contributed by atoms with van der Waals surface area (Å²) in [6, 6.07) is 11.7. The Hall–Kier alpha value is -2.27. The number of nitrogens with zero attached hydrogens (tertiary/aromatic N) is 3. The molecular formula is C18H21ClN4O. The van der Waals surface area contributed by atoms with E-state index in [2.05, 4.69) is 15.2 Å². The van der Waals surface area contributed by atoms with Crippen LogP contribution in [-0.4, -0.2) is 48.6 Å². The highest BCUT2D eigenvalue weighted by Gasteiger charge is 2.20. The molecule has 0 atom stereocenters. The largest absolute Gasteiger partial charge is 0.368 e. The van der Waals surface area contributed by atoms with Crippen molar-refractivity contribution in [1.82, 2.24) is 15.2 Å². The van der Waals surface area contributed by atoms with Gasteiger partial charge in [0.25, 0.3) is 0 Å². The molecule has 0 saturated carbocycles. The molecule has 6 heteroatoms. The van der Waals surface area contributed by atoms with Gasteiger partial charge in [-0.2, -0.15) is 0 Å². The molecule has 5 nitrogen and oxygen atoms in total. The summed E-state index contributed by atoms with van der Waals surface area (Å²) >= 11 is 5.97. The fourth-order valence-electron chi connectivity index (χ4n) is 2.84. The molecule has 0 bridgehead atoms. The molecule has 2 aromatic rings. The van der Waals surface area contributed by atoms with Gasteiger partial charge in [0.05, 0.1) is 0 Å². The van der Waals surface area contributed by atoms with E-state index in [9.17, 15) is 4.79 Å². The summed E-state index contributed by atoms with van der Waals surface area (Å²) in [6.45, 7) is 3.75. The van der Waals surface area contributed by atoms with Crippen LogP contribution in [0.5, 0.6) is 0 Å². The van der Waals surface area contributed by atoms with Gasteiger partial charge in [-0.1, -0.05) is 23.7 Å². The summed E-state index contributed by atoms with van der Waals surface area (Å²) in [5.74, 6) is 0. The van der Waals surface area contributed by atoms with Gasteiger partial charge in [-0.15, -0.1) is 0 Å². The predicted octanol–water partition coefficient (Wildman–Crippen LogP) is 2.81. The molecule has 1 fully saturated rings. The van der Waals surface area contributed by atoms with Crippen molar-refractivity contribution in [2.24, 2.45) is 0 Å². The van der Waals surface area contributed by atoms with Gasteiger partial charge in [0.15, 0.2) is 0 Å². The average molecular weight is 345 g/mol. The molecule has 2 heterocycles. The number of hydrogen-bond donors (Lipinski definition) is 1. The van der Waals surface area contributed by atoms with Gasteiger partial charge in [0, 0.05) is 55.8 Å². The number of amides is 2. The van der Waals surface area contributed by atoms with Gasteiger partial charge < -0.3 is 15.1 Å². The maximum Gasteiger partial charge on any atom is 0.317 e. The zero-order valence-electron chi connectivity index (χ0n) is 13.5. The van der Waals surface area contributed by atoms with E-state index in [-0.39, 0.29) is 6.03 Å². The van der Waals surface area contributed by atoms with Crippen molar-refractivity contribution in [3.05, 3.63) is 59.4 Å². The van der Waals surface area contributed by atoms with Crippen LogP contribution in [0.25, 0.3) is 0 Å². The molecule has 0 unspecified atom stereocenters. The number of hydrogen-bond acceptors (Lipinski definition) is 3. The fraction of sp³-hybridized carbons (Fsp3) is 0.333. The normalized spacial score (nSPS) is 14.5. The first kappa shape index (κ1) is 16.6. The topological polar surface area (TPSA) is 48.5 Å². The molecular weight excluding hydrogens is 324 g/mol. The number of carbonyl (C=O) groups is 1. The van der Waals surface area contributed by atoms with E-state index < -0.39 is 0 Å². The minimum Gasteiger partial charge on any atom is -0.368 e. The number of halogens is 1. The zero-order chi connectivity index (χ0) is 16.8. The van der Waals surface area contributed by atoms with Crippen LogP contribution in [0.2, 0.25) is 5.02 Å². The predicted molar refractivity (Wildman–Crippen MR) is 96.6 cm³/mol. The Morgan fingerprint density at radius 2 is 1.88 bits per heavy atom. The molecule has 3 rings (SSSR count). The second kappa shape index (κ2) is 8.02. The van der Waals surface area contributed by atoms with E-state index in [4.69, 9.17) is 11.6 Å². The van der Waals surface area contributed by atoms with Crippen molar-refractivity contribution in [3.63, 3.8) is 0 Å². The lowest BCUT2D eigenvalue weighted by atomic mass is 10.1. The van der Waals surface area contributed by atoms with Crippen LogP contribution in [0.15, 0.2) is 48.8 Å². The Morgan fingerprint density at radius 3 is 2.58 bits per heavy atom. The van der Waals surface area contributed by atoms with Crippen molar-refractivity contribution in [2.75, 3.05) is 37.6 Å². The van der Waals surface area contributed by atoms with Crippen LogP contribution in [0.1, 0.15) is 5.56 Å². The summed E-state index contributed by atoms with van der Waals surface area (Å²) in [6.07, 6.45) is 4.37. The Morgan fingerprint density at radius 1 is 1.12 bits per heavy atom. The number of carbonyl (C=O) groups excluding carboxylic acids is 1. The van der Waals surface area contributed by atoms with Crippen molar-refractivity contribution in [2.45, 2.75) is 6.42 Å². The number of piperazine rings is 1. The van der Waals surface area contributed by atoms with E-state index in [1.807, 2.05) is 41.3 Å². The van der Waals surface area contributed by atoms with E-state index >= 15 is 0 Å². The molecule has 24 heavy (non-hydrogen) atoms. The Balaban J connectivity index is 1.42. The van der Waals surface area contributed by atoms with Crippen molar-refractivity contribution < 1.29 is 4.79 Å². The number of anilines is 1. The highest BCUT2D eigenvalue weighted by molar-refractivity contribution is 6.30. The lowest BCUT2D eigenvalue weighted by Gasteiger charge is -2.36. The quantitative estimate of drug-likeness (QED) is 0.927. The first-order chi connectivity index (χ1) is 11.7. The molecule has 1 aromatic carbocycles. The van der Waals surface area contributed by atoms with Crippen LogP contribution in [0.3, 0.4) is 0 Å². The minimum atomic E-state index is 0.00593. The molecule has 0 spiro atoms. The third-order valence-electron chi connectivity index (χ3n) is 4.17. The highest BCUT2D eigenvalue weighted by Crippen LogP contribution is 2.15. The standard InChI is InChI=1S/C18H21ClN4O/c19-16-3-1-2-15(14-16)4-9-21-18(24)23-12-10-22(11-13-23)17-5-7-20-8-6-17/h1-3,5-8,14H,4,9-13H2,(H,21,24). The average Bonchev–Trinajstić information content (AvgIpc) is 2.63. The second-order valence-corrected chi connectivity index (χ2v) is 6.23. The second-order valence-electron chi connectivity index (χ2n) is 5.79. The third-order valence-corrected chi connectivity index (χ3v) is 4.41. The molecule has 1 aliphatic rings. The van der Waals surface area contributed by atoms with Crippen molar-refractivity contribution in [3.8, 4) is 0 Å². The molecule has 1 N–H and O–H groups in total. The summed E-state index contributed by atoms with van der Waals surface area (Å²) in [4.78, 5) is 20.4. The van der Waals surface area contributed by atoms with Crippen LogP contribution >= 0.6 is 11.6 Å². The molecule has 1 aromatic heterocycles. The number of aromatic nitrogens is 1.